The molecule has 0 spiro atoms. The molecule has 4 fully saturated rings. The van der Waals surface area contributed by atoms with Crippen LogP contribution < -0.4 is 9.62 Å². The first kappa shape index (κ1) is 17.5. The lowest BCUT2D eigenvalue weighted by molar-refractivity contribution is -0.0119. The number of carbonyl (C=O) groups excluding carboxylic acids is 1. The van der Waals surface area contributed by atoms with Crippen LogP contribution in [0.3, 0.4) is 0 Å². The van der Waals surface area contributed by atoms with Crippen molar-refractivity contribution in [3.8, 4) is 0 Å². The molecule has 4 saturated carbocycles. The zero-order chi connectivity index (χ0) is 18.9. The smallest absolute Gasteiger partial charge is 0.251 e. The molecule has 6 rings (SSSR count). The second-order valence-corrected chi connectivity index (χ2v) is 11.2. The number of nitrogens with one attached hydrogen (secondary N) is 1. The van der Waals surface area contributed by atoms with E-state index in [-0.39, 0.29) is 11.9 Å². The molecule has 1 N–H and O–H groups in total. The summed E-state index contributed by atoms with van der Waals surface area (Å²) in [7, 11) is -3.30. The van der Waals surface area contributed by atoms with Gasteiger partial charge in [-0.2, -0.15) is 0 Å². The van der Waals surface area contributed by atoms with Crippen molar-refractivity contribution in [1.82, 2.24) is 5.32 Å². The molecule has 1 atom stereocenters. The predicted octanol–water partition coefficient (Wildman–Crippen LogP) is 2.95. The van der Waals surface area contributed by atoms with Crippen LogP contribution in [0.1, 0.15) is 54.9 Å². The summed E-state index contributed by atoms with van der Waals surface area (Å²) in [5, 5.41) is 3.35. The zero-order valence-electron chi connectivity index (χ0n) is 16.0. The van der Waals surface area contributed by atoms with Gasteiger partial charge in [-0.15, -0.1) is 0 Å². The van der Waals surface area contributed by atoms with E-state index in [2.05, 4.69) is 5.32 Å². The molecule has 27 heavy (non-hydrogen) atoms. The monoisotopic (exact) mass is 388 g/mol. The molecule has 0 saturated heterocycles. The maximum atomic E-state index is 13.0. The van der Waals surface area contributed by atoms with Crippen molar-refractivity contribution in [2.24, 2.45) is 23.7 Å². The Morgan fingerprint density at radius 3 is 2.30 bits per heavy atom. The number of sulfonamides is 1. The van der Waals surface area contributed by atoms with Gasteiger partial charge >= 0.3 is 0 Å². The summed E-state index contributed by atoms with van der Waals surface area (Å²) in [4.78, 5) is 13.0. The normalized spacial score (nSPS) is 36.7. The fraction of sp³-hybridized carbons (Fsp3) is 0.667. The molecular weight excluding hydrogens is 360 g/mol. The van der Waals surface area contributed by atoms with Crippen molar-refractivity contribution < 1.29 is 13.2 Å². The third-order valence-electron chi connectivity index (χ3n) is 7.38. The highest BCUT2D eigenvalue weighted by molar-refractivity contribution is 7.92. The van der Waals surface area contributed by atoms with Gasteiger partial charge in [-0.1, -0.05) is 0 Å². The van der Waals surface area contributed by atoms with Crippen molar-refractivity contribution in [2.45, 2.75) is 57.5 Å². The number of anilines is 1. The molecule has 1 amide bonds. The summed E-state index contributed by atoms with van der Waals surface area (Å²) in [5.41, 5.74) is 2.33. The molecule has 5 aliphatic rings. The minimum absolute atomic E-state index is 0.000678. The Bertz CT molecular complexity index is 867. The highest BCUT2D eigenvalue weighted by Gasteiger charge is 2.48. The Hall–Kier alpha value is -1.56. The lowest BCUT2D eigenvalue weighted by Gasteiger charge is -2.54. The van der Waals surface area contributed by atoms with Gasteiger partial charge in [0.1, 0.15) is 0 Å². The summed E-state index contributed by atoms with van der Waals surface area (Å²) < 4.78 is 25.6. The number of benzene rings is 1. The third kappa shape index (κ3) is 2.87. The average Bonchev–Trinajstić information content (AvgIpc) is 2.92. The van der Waals surface area contributed by atoms with Gasteiger partial charge < -0.3 is 5.32 Å². The van der Waals surface area contributed by atoms with Crippen molar-refractivity contribution >= 4 is 21.6 Å². The average molecular weight is 389 g/mol. The lowest BCUT2D eigenvalue weighted by Crippen LogP contribution is -2.55. The first-order valence-electron chi connectivity index (χ1n) is 10.2. The maximum absolute atomic E-state index is 13.0. The molecule has 6 heteroatoms. The Labute approximate surface area is 161 Å². The van der Waals surface area contributed by atoms with E-state index in [1.807, 2.05) is 13.0 Å². The number of fused-ring (bicyclic) bond motifs is 1. The van der Waals surface area contributed by atoms with E-state index >= 15 is 0 Å². The van der Waals surface area contributed by atoms with Gasteiger partial charge in [0.05, 0.1) is 11.9 Å². The van der Waals surface area contributed by atoms with Gasteiger partial charge in [-0.25, -0.2) is 8.42 Å². The van der Waals surface area contributed by atoms with Crippen LogP contribution >= 0.6 is 0 Å². The van der Waals surface area contributed by atoms with Gasteiger partial charge in [0.2, 0.25) is 10.0 Å². The molecule has 1 aromatic rings. The summed E-state index contributed by atoms with van der Waals surface area (Å²) in [6, 6.07) is 5.69. The molecule has 1 aliphatic heterocycles. The molecule has 1 unspecified atom stereocenters. The van der Waals surface area contributed by atoms with Crippen LogP contribution in [-0.2, 0) is 16.4 Å². The number of hydrogen-bond donors (Lipinski definition) is 1. The molecule has 0 aromatic heterocycles. The van der Waals surface area contributed by atoms with E-state index in [0.29, 0.717) is 29.9 Å². The SMILES string of the molecule is CC1Cc2cc(C(=O)NC3C4CC5CC(C4)CC3C5)ccc2N1S(C)(=O)=O. The van der Waals surface area contributed by atoms with Crippen LogP contribution in [0.25, 0.3) is 0 Å². The van der Waals surface area contributed by atoms with E-state index in [1.165, 1.54) is 42.7 Å². The van der Waals surface area contributed by atoms with Crippen LogP contribution in [0, 0.1) is 23.7 Å². The van der Waals surface area contributed by atoms with Crippen molar-refractivity contribution in [2.75, 3.05) is 10.6 Å². The van der Waals surface area contributed by atoms with E-state index < -0.39 is 10.0 Å². The molecular formula is C21H28N2O3S. The Morgan fingerprint density at radius 2 is 1.70 bits per heavy atom. The molecule has 0 radical (unpaired) electrons. The molecule has 5 nitrogen and oxygen atoms in total. The summed E-state index contributed by atoms with van der Waals surface area (Å²) >= 11 is 0. The second kappa shape index (κ2) is 5.97. The Morgan fingerprint density at radius 1 is 1.07 bits per heavy atom. The number of carbonyl (C=O) groups is 1. The minimum atomic E-state index is -3.30. The number of hydrogen-bond acceptors (Lipinski definition) is 3. The van der Waals surface area contributed by atoms with Gasteiger partial charge in [-0.05, 0) is 92.9 Å². The van der Waals surface area contributed by atoms with Crippen molar-refractivity contribution in [1.29, 1.82) is 0 Å². The molecule has 146 valence electrons. The molecule has 1 heterocycles. The largest absolute Gasteiger partial charge is 0.349 e. The summed E-state index contributed by atoms with van der Waals surface area (Å²) in [6.07, 6.45) is 8.43. The van der Waals surface area contributed by atoms with Crippen LogP contribution in [0.4, 0.5) is 5.69 Å². The number of amides is 1. The van der Waals surface area contributed by atoms with Crippen molar-refractivity contribution in [3.05, 3.63) is 29.3 Å². The molecule has 4 bridgehead atoms. The van der Waals surface area contributed by atoms with Crippen LogP contribution in [0.5, 0.6) is 0 Å². The van der Waals surface area contributed by atoms with E-state index in [0.717, 1.165) is 23.1 Å². The fourth-order valence-electron chi connectivity index (χ4n) is 6.64. The second-order valence-electron chi connectivity index (χ2n) is 9.39. The Kier molecular flexibility index (Phi) is 3.87. The first-order chi connectivity index (χ1) is 12.8. The topological polar surface area (TPSA) is 66.5 Å². The lowest BCUT2D eigenvalue weighted by atomic mass is 9.54. The minimum Gasteiger partial charge on any atom is -0.349 e. The van der Waals surface area contributed by atoms with E-state index in [4.69, 9.17) is 0 Å². The van der Waals surface area contributed by atoms with E-state index in [1.54, 1.807) is 12.1 Å². The first-order valence-corrected chi connectivity index (χ1v) is 12.1. The van der Waals surface area contributed by atoms with Crippen LogP contribution in [0.15, 0.2) is 18.2 Å². The maximum Gasteiger partial charge on any atom is 0.251 e. The van der Waals surface area contributed by atoms with Gasteiger partial charge in [0, 0.05) is 17.6 Å². The Balaban J connectivity index is 1.36. The van der Waals surface area contributed by atoms with E-state index in [9.17, 15) is 13.2 Å². The quantitative estimate of drug-likeness (QED) is 0.866. The number of nitrogens with zero attached hydrogens (tertiary/aromatic N) is 1. The number of rotatable bonds is 3. The van der Waals surface area contributed by atoms with Crippen molar-refractivity contribution in [3.63, 3.8) is 0 Å². The zero-order valence-corrected chi connectivity index (χ0v) is 16.8. The van der Waals surface area contributed by atoms with Crippen LogP contribution in [0.2, 0.25) is 0 Å². The van der Waals surface area contributed by atoms with Crippen LogP contribution in [-0.4, -0.2) is 32.7 Å². The summed E-state index contributed by atoms with van der Waals surface area (Å²) in [6.45, 7) is 1.91. The summed E-state index contributed by atoms with van der Waals surface area (Å²) in [5.74, 6) is 3.09. The standard InChI is InChI=1S/C21H28N2O3S/c1-12-5-16-11-15(3-4-19(16)23(12)27(2,25)26)21(24)22-20-17-7-13-6-14(9-17)10-18(20)8-13/h3-4,11-14,17-18,20H,5-10H2,1-2H3,(H,22,24). The third-order valence-corrected chi connectivity index (χ3v) is 8.65. The molecule has 1 aromatic carbocycles. The predicted molar refractivity (Wildman–Crippen MR) is 105 cm³/mol. The fourth-order valence-corrected chi connectivity index (χ4v) is 7.91. The molecule has 4 aliphatic carbocycles. The van der Waals surface area contributed by atoms with Gasteiger partial charge in [0.25, 0.3) is 5.91 Å². The van der Waals surface area contributed by atoms with Gasteiger partial charge in [0.15, 0.2) is 0 Å². The van der Waals surface area contributed by atoms with Gasteiger partial charge in [-0.3, -0.25) is 9.10 Å². The highest BCUT2D eigenvalue weighted by Crippen LogP contribution is 2.53. The highest BCUT2D eigenvalue weighted by atomic mass is 32.2.